The molecule has 1 aliphatic rings. The van der Waals surface area contributed by atoms with E-state index in [9.17, 15) is 14.9 Å². The number of carbonyl (C=O) groups excluding carboxylic acids is 1. The summed E-state index contributed by atoms with van der Waals surface area (Å²) in [6, 6.07) is 2.91. The Morgan fingerprint density at radius 1 is 1.50 bits per heavy atom. The van der Waals surface area contributed by atoms with Gasteiger partial charge in [-0.3, -0.25) is 14.9 Å². The predicted molar refractivity (Wildman–Crippen MR) is 52.0 cm³/mol. The topological polar surface area (TPSA) is 72.2 Å². The van der Waals surface area contributed by atoms with Crippen molar-refractivity contribution < 1.29 is 9.72 Å². The molecule has 0 unspecified atom stereocenters. The largest absolute Gasteiger partial charge is 0.348 e. The molecule has 1 aromatic rings. The molecule has 0 aliphatic carbocycles. The summed E-state index contributed by atoms with van der Waals surface area (Å²) in [7, 11) is 0. The first-order valence-electron chi connectivity index (χ1n) is 3.85. The van der Waals surface area contributed by atoms with Crippen LogP contribution < -0.4 is 5.32 Å². The second-order valence-corrected chi connectivity index (χ2v) is 3.71. The van der Waals surface area contributed by atoms with Gasteiger partial charge in [0.05, 0.1) is 4.92 Å². The minimum atomic E-state index is -0.545. The number of nitro benzene ring substituents is 1. The summed E-state index contributed by atoms with van der Waals surface area (Å²) >= 11 is 3.24. The molecule has 1 N–H and O–H groups in total. The van der Waals surface area contributed by atoms with Crippen LogP contribution in [-0.4, -0.2) is 10.8 Å². The van der Waals surface area contributed by atoms with Crippen LogP contribution >= 0.6 is 15.9 Å². The fourth-order valence-corrected chi connectivity index (χ4v) is 1.92. The van der Waals surface area contributed by atoms with E-state index in [1.165, 1.54) is 6.07 Å². The lowest BCUT2D eigenvalue weighted by atomic mass is 10.1. The number of hydrogen-bond acceptors (Lipinski definition) is 3. The SMILES string of the molecule is O=C1NCc2c(Br)ccc([N+](=O)[O-])c21. The minimum Gasteiger partial charge on any atom is -0.348 e. The Balaban J connectivity index is 2.72. The van der Waals surface area contributed by atoms with Crippen LogP contribution in [0, 0.1) is 10.1 Å². The van der Waals surface area contributed by atoms with E-state index in [-0.39, 0.29) is 17.2 Å². The summed E-state index contributed by atoms with van der Waals surface area (Å²) in [4.78, 5) is 21.4. The number of rotatable bonds is 1. The molecule has 72 valence electrons. The predicted octanol–water partition coefficient (Wildman–Crippen LogP) is 1.60. The molecule has 5 nitrogen and oxygen atoms in total. The highest BCUT2D eigenvalue weighted by Crippen LogP contribution is 2.31. The van der Waals surface area contributed by atoms with E-state index in [0.29, 0.717) is 12.1 Å². The molecule has 1 heterocycles. The number of amides is 1. The van der Waals surface area contributed by atoms with Crippen molar-refractivity contribution in [2.45, 2.75) is 6.54 Å². The molecular formula is C8H5BrN2O3. The standard InChI is InChI=1S/C8H5BrN2O3/c9-5-1-2-6(11(13)14)7-4(5)3-10-8(7)12/h1-2H,3H2,(H,10,12). The van der Waals surface area contributed by atoms with E-state index in [1.54, 1.807) is 6.07 Å². The second-order valence-electron chi connectivity index (χ2n) is 2.86. The van der Waals surface area contributed by atoms with E-state index < -0.39 is 4.92 Å². The molecule has 0 bridgehead atoms. The third kappa shape index (κ3) is 1.19. The summed E-state index contributed by atoms with van der Waals surface area (Å²) in [5, 5.41) is 13.2. The van der Waals surface area contributed by atoms with Gasteiger partial charge in [-0.25, -0.2) is 0 Å². The van der Waals surface area contributed by atoms with Gasteiger partial charge in [-0.15, -0.1) is 0 Å². The van der Waals surface area contributed by atoms with E-state index in [2.05, 4.69) is 21.2 Å². The van der Waals surface area contributed by atoms with Crippen molar-refractivity contribution in [1.82, 2.24) is 5.32 Å². The molecule has 2 rings (SSSR count). The molecule has 0 fully saturated rings. The molecule has 0 saturated carbocycles. The Bertz CT molecular complexity index is 444. The average Bonchev–Trinajstić information content (AvgIpc) is 2.50. The lowest BCUT2D eigenvalue weighted by molar-refractivity contribution is -0.385. The summed E-state index contributed by atoms with van der Waals surface area (Å²) in [6.07, 6.45) is 0. The molecular weight excluding hydrogens is 252 g/mol. The number of nitro groups is 1. The van der Waals surface area contributed by atoms with Gasteiger partial charge < -0.3 is 5.32 Å². The van der Waals surface area contributed by atoms with Crippen LogP contribution in [0.2, 0.25) is 0 Å². The number of fused-ring (bicyclic) bond motifs is 1. The van der Waals surface area contributed by atoms with Crippen molar-refractivity contribution in [3.05, 3.63) is 37.8 Å². The van der Waals surface area contributed by atoms with E-state index in [4.69, 9.17) is 0 Å². The maximum atomic E-state index is 11.3. The smallest absolute Gasteiger partial charge is 0.282 e. The monoisotopic (exact) mass is 256 g/mol. The van der Waals surface area contributed by atoms with Crippen LogP contribution in [0.25, 0.3) is 0 Å². The lowest BCUT2D eigenvalue weighted by Gasteiger charge is -1.99. The molecule has 0 saturated heterocycles. The zero-order valence-corrected chi connectivity index (χ0v) is 8.50. The number of nitrogens with one attached hydrogen (secondary N) is 1. The highest BCUT2D eigenvalue weighted by molar-refractivity contribution is 9.10. The van der Waals surface area contributed by atoms with Crippen LogP contribution in [-0.2, 0) is 6.54 Å². The Labute approximate surface area is 87.4 Å². The van der Waals surface area contributed by atoms with Gasteiger partial charge in [-0.2, -0.15) is 0 Å². The molecule has 1 amide bonds. The van der Waals surface area contributed by atoms with Crippen LogP contribution in [0.4, 0.5) is 5.69 Å². The summed E-state index contributed by atoms with van der Waals surface area (Å²) in [5.74, 6) is -0.381. The Morgan fingerprint density at radius 2 is 2.21 bits per heavy atom. The van der Waals surface area contributed by atoms with Crippen molar-refractivity contribution in [2.24, 2.45) is 0 Å². The van der Waals surface area contributed by atoms with Crippen LogP contribution in [0.5, 0.6) is 0 Å². The van der Waals surface area contributed by atoms with Gasteiger partial charge >= 0.3 is 0 Å². The number of halogens is 1. The zero-order valence-electron chi connectivity index (χ0n) is 6.91. The zero-order chi connectivity index (χ0) is 10.3. The van der Waals surface area contributed by atoms with Crippen LogP contribution in [0.3, 0.4) is 0 Å². The third-order valence-corrected chi connectivity index (χ3v) is 2.83. The molecule has 1 aliphatic heterocycles. The Kier molecular flexibility index (Phi) is 1.99. The first-order chi connectivity index (χ1) is 6.61. The summed E-state index contributed by atoms with van der Waals surface area (Å²) < 4.78 is 0.719. The van der Waals surface area contributed by atoms with Crippen molar-refractivity contribution in [2.75, 3.05) is 0 Å². The normalized spacial score (nSPS) is 13.6. The highest BCUT2D eigenvalue weighted by Gasteiger charge is 2.30. The van der Waals surface area contributed by atoms with Gasteiger partial charge in [0.2, 0.25) is 0 Å². The van der Waals surface area contributed by atoms with Crippen molar-refractivity contribution >= 4 is 27.5 Å². The minimum absolute atomic E-state index is 0.141. The Morgan fingerprint density at radius 3 is 2.86 bits per heavy atom. The van der Waals surface area contributed by atoms with E-state index >= 15 is 0 Å². The van der Waals surface area contributed by atoms with Crippen LogP contribution in [0.1, 0.15) is 15.9 Å². The molecule has 0 spiro atoms. The first-order valence-corrected chi connectivity index (χ1v) is 4.64. The maximum absolute atomic E-state index is 11.3. The number of benzene rings is 1. The van der Waals surface area contributed by atoms with Gasteiger partial charge in [0.15, 0.2) is 0 Å². The van der Waals surface area contributed by atoms with Gasteiger partial charge in [0, 0.05) is 22.6 Å². The quantitative estimate of drug-likeness (QED) is 0.613. The number of nitrogens with zero attached hydrogens (tertiary/aromatic N) is 1. The molecule has 6 heteroatoms. The number of carbonyl (C=O) groups is 1. The lowest BCUT2D eigenvalue weighted by Crippen LogP contribution is -2.13. The number of hydrogen-bond donors (Lipinski definition) is 1. The van der Waals surface area contributed by atoms with Crippen molar-refractivity contribution in [1.29, 1.82) is 0 Å². The summed E-state index contributed by atoms with van der Waals surface area (Å²) in [5.41, 5.74) is 0.687. The Hall–Kier alpha value is -1.43. The van der Waals surface area contributed by atoms with Gasteiger partial charge in [-0.1, -0.05) is 15.9 Å². The van der Waals surface area contributed by atoms with Gasteiger partial charge in [0.25, 0.3) is 11.6 Å². The van der Waals surface area contributed by atoms with E-state index in [0.717, 1.165) is 4.47 Å². The molecule has 0 atom stereocenters. The van der Waals surface area contributed by atoms with Gasteiger partial charge in [0.1, 0.15) is 5.56 Å². The maximum Gasteiger partial charge on any atom is 0.282 e. The first kappa shape index (κ1) is 9.14. The highest BCUT2D eigenvalue weighted by atomic mass is 79.9. The van der Waals surface area contributed by atoms with Crippen molar-refractivity contribution in [3.63, 3.8) is 0 Å². The second kappa shape index (κ2) is 3.06. The summed E-state index contributed by atoms with van der Waals surface area (Å²) in [6.45, 7) is 0.344. The fraction of sp³-hybridized carbons (Fsp3) is 0.125. The molecule has 0 radical (unpaired) electrons. The fourth-order valence-electron chi connectivity index (χ4n) is 1.45. The average molecular weight is 257 g/mol. The van der Waals surface area contributed by atoms with Crippen molar-refractivity contribution in [3.8, 4) is 0 Å². The van der Waals surface area contributed by atoms with Gasteiger partial charge in [-0.05, 0) is 6.07 Å². The molecule has 1 aromatic carbocycles. The molecule has 0 aromatic heterocycles. The van der Waals surface area contributed by atoms with E-state index in [1.807, 2.05) is 0 Å². The molecule has 14 heavy (non-hydrogen) atoms. The third-order valence-electron chi connectivity index (χ3n) is 2.08. The van der Waals surface area contributed by atoms with Crippen LogP contribution in [0.15, 0.2) is 16.6 Å².